The van der Waals surface area contributed by atoms with Gasteiger partial charge in [-0.3, -0.25) is 4.90 Å². The maximum atomic E-state index is 3.48. The molecule has 0 aromatic heterocycles. The van der Waals surface area contributed by atoms with Crippen LogP contribution in [-0.4, -0.2) is 61.7 Å². The van der Waals surface area contributed by atoms with Gasteiger partial charge in [-0.2, -0.15) is 0 Å². The third-order valence-electron chi connectivity index (χ3n) is 3.83. The zero-order valence-corrected chi connectivity index (χ0v) is 12.0. The van der Waals surface area contributed by atoms with E-state index >= 15 is 0 Å². The van der Waals surface area contributed by atoms with E-state index in [9.17, 15) is 0 Å². The average molecular weight is 241 g/mol. The molecular formula is C14H31N3. The van der Waals surface area contributed by atoms with Gasteiger partial charge in [0.05, 0.1) is 0 Å². The number of nitrogens with one attached hydrogen (secondary N) is 1. The molecule has 0 aliphatic carbocycles. The molecule has 0 aromatic carbocycles. The van der Waals surface area contributed by atoms with Crippen LogP contribution in [0.5, 0.6) is 0 Å². The quantitative estimate of drug-likeness (QED) is 0.621. The van der Waals surface area contributed by atoms with E-state index in [4.69, 9.17) is 0 Å². The van der Waals surface area contributed by atoms with Crippen molar-refractivity contribution >= 4 is 0 Å². The van der Waals surface area contributed by atoms with Gasteiger partial charge in [-0.1, -0.05) is 20.8 Å². The van der Waals surface area contributed by atoms with Gasteiger partial charge in [-0.15, -0.1) is 0 Å². The summed E-state index contributed by atoms with van der Waals surface area (Å²) in [5.41, 5.74) is 0. The van der Waals surface area contributed by atoms with Crippen LogP contribution < -0.4 is 5.32 Å². The Bertz CT molecular complexity index is 180. The summed E-state index contributed by atoms with van der Waals surface area (Å²) in [5.74, 6) is 0. The third kappa shape index (κ3) is 5.36. The summed E-state index contributed by atoms with van der Waals surface area (Å²) in [6.45, 7) is 15.4. The molecule has 1 heterocycles. The van der Waals surface area contributed by atoms with Gasteiger partial charge >= 0.3 is 0 Å². The highest BCUT2D eigenvalue weighted by molar-refractivity contribution is 4.82. The van der Waals surface area contributed by atoms with Crippen LogP contribution in [0, 0.1) is 0 Å². The van der Waals surface area contributed by atoms with Gasteiger partial charge < -0.3 is 10.2 Å². The number of hydrogen-bond donors (Lipinski definition) is 1. The summed E-state index contributed by atoms with van der Waals surface area (Å²) >= 11 is 0. The summed E-state index contributed by atoms with van der Waals surface area (Å²) in [6, 6.07) is 0.814. The number of rotatable bonds is 9. The minimum Gasteiger partial charge on any atom is -0.317 e. The Morgan fingerprint density at radius 3 is 2.59 bits per heavy atom. The molecule has 1 atom stereocenters. The maximum absolute atomic E-state index is 3.48. The summed E-state index contributed by atoms with van der Waals surface area (Å²) < 4.78 is 0. The van der Waals surface area contributed by atoms with E-state index < -0.39 is 0 Å². The van der Waals surface area contributed by atoms with E-state index in [2.05, 4.69) is 35.9 Å². The first-order valence-electron chi connectivity index (χ1n) is 7.48. The van der Waals surface area contributed by atoms with E-state index in [1.807, 2.05) is 0 Å². The van der Waals surface area contributed by atoms with Crippen molar-refractivity contribution in [1.29, 1.82) is 0 Å². The van der Waals surface area contributed by atoms with Crippen LogP contribution in [0.2, 0.25) is 0 Å². The van der Waals surface area contributed by atoms with Gasteiger partial charge in [0.25, 0.3) is 0 Å². The molecule has 1 N–H and O–H groups in total. The van der Waals surface area contributed by atoms with E-state index in [1.54, 1.807) is 0 Å². The van der Waals surface area contributed by atoms with E-state index in [1.165, 1.54) is 65.1 Å². The van der Waals surface area contributed by atoms with E-state index in [0.717, 1.165) is 6.04 Å². The molecular weight excluding hydrogens is 210 g/mol. The minimum atomic E-state index is 0.814. The lowest BCUT2D eigenvalue weighted by Crippen LogP contribution is -2.37. The molecule has 1 unspecified atom stereocenters. The van der Waals surface area contributed by atoms with Gasteiger partial charge in [0.15, 0.2) is 0 Å². The van der Waals surface area contributed by atoms with Crippen LogP contribution >= 0.6 is 0 Å². The molecule has 0 spiro atoms. The lowest BCUT2D eigenvalue weighted by atomic mass is 10.2. The molecule has 1 aliphatic rings. The van der Waals surface area contributed by atoms with Crippen molar-refractivity contribution in [2.75, 3.05) is 45.8 Å². The number of likely N-dealkylation sites (tertiary alicyclic amines) is 1. The molecule has 1 fully saturated rings. The standard InChI is InChI=1S/C14H31N3/c1-4-9-15-10-7-11-16-12-8-14(13-16)17(5-2)6-3/h14-15H,4-13H2,1-3H3. The molecule has 0 aromatic rings. The molecule has 17 heavy (non-hydrogen) atoms. The maximum Gasteiger partial charge on any atom is 0.0235 e. The fraction of sp³-hybridized carbons (Fsp3) is 1.00. The molecule has 1 saturated heterocycles. The Morgan fingerprint density at radius 2 is 1.94 bits per heavy atom. The second-order valence-electron chi connectivity index (χ2n) is 5.07. The summed E-state index contributed by atoms with van der Waals surface area (Å²) in [4.78, 5) is 5.24. The van der Waals surface area contributed by atoms with Crippen molar-refractivity contribution in [3.63, 3.8) is 0 Å². The molecule has 0 bridgehead atoms. The van der Waals surface area contributed by atoms with Gasteiger partial charge in [-0.05, 0) is 58.5 Å². The van der Waals surface area contributed by atoms with Crippen LogP contribution in [0.4, 0.5) is 0 Å². The Morgan fingerprint density at radius 1 is 1.18 bits per heavy atom. The summed E-state index contributed by atoms with van der Waals surface area (Å²) in [6.07, 6.45) is 3.91. The second-order valence-corrected chi connectivity index (χ2v) is 5.07. The minimum absolute atomic E-state index is 0.814. The first-order valence-corrected chi connectivity index (χ1v) is 7.48. The van der Waals surface area contributed by atoms with Crippen molar-refractivity contribution in [3.8, 4) is 0 Å². The zero-order valence-electron chi connectivity index (χ0n) is 12.0. The summed E-state index contributed by atoms with van der Waals surface area (Å²) in [5, 5.41) is 3.48. The fourth-order valence-corrected chi connectivity index (χ4v) is 2.78. The predicted molar refractivity (Wildman–Crippen MR) is 75.5 cm³/mol. The SMILES string of the molecule is CCCNCCCN1CCC(N(CC)CC)C1. The summed E-state index contributed by atoms with van der Waals surface area (Å²) in [7, 11) is 0. The highest BCUT2D eigenvalue weighted by Crippen LogP contribution is 2.15. The molecule has 3 nitrogen and oxygen atoms in total. The van der Waals surface area contributed by atoms with Crippen molar-refractivity contribution in [3.05, 3.63) is 0 Å². The smallest absolute Gasteiger partial charge is 0.0235 e. The Hall–Kier alpha value is -0.120. The van der Waals surface area contributed by atoms with E-state index in [0.29, 0.717) is 0 Å². The molecule has 0 radical (unpaired) electrons. The Labute approximate surface area is 108 Å². The molecule has 3 heteroatoms. The van der Waals surface area contributed by atoms with Crippen molar-refractivity contribution in [1.82, 2.24) is 15.1 Å². The normalized spacial score (nSPS) is 21.5. The monoisotopic (exact) mass is 241 g/mol. The van der Waals surface area contributed by atoms with Crippen molar-refractivity contribution in [2.45, 2.75) is 46.1 Å². The zero-order chi connectivity index (χ0) is 12.5. The first kappa shape index (κ1) is 14.9. The lowest BCUT2D eigenvalue weighted by molar-refractivity contribution is 0.210. The van der Waals surface area contributed by atoms with Crippen LogP contribution in [0.15, 0.2) is 0 Å². The van der Waals surface area contributed by atoms with Crippen molar-refractivity contribution in [2.24, 2.45) is 0 Å². The van der Waals surface area contributed by atoms with Gasteiger partial charge in [0.1, 0.15) is 0 Å². The predicted octanol–water partition coefficient (Wildman–Crippen LogP) is 1.79. The average Bonchev–Trinajstić information content (AvgIpc) is 2.79. The number of hydrogen-bond acceptors (Lipinski definition) is 3. The van der Waals surface area contributed by atoms with Crippen LogP contribution in [0.25, 0.3) is 0 Å². The largest absolute Gasteiger partial charge is 0.317 e. The highest BCUT2D eigenvalue weighted by atomic mass is 15.2. The lowest BCUT2D eigenvalue weighted by Gasteiger charge is -2.26. The molecule has 1 aliphatic heterocycles. The third-order valence-corrected chi connectivity index (χ3v) is 3.83. The molecule has 1 rings (SSSR count). The van der Waals surface area contributed by atoms with Crippen molar-refractivity contribution < 1.29 is 0 Å². The molecule has 102 valence electrons. The van der Waals surface area contributed by atoms with Crippen LogP contribution in [0.1, 0.15) is 40.0 Å². The molecule has 0 saturated carbocycles. The van der Waals surface area contributed by atoms with Gasteiger partial charge in [0.2, 0.25) is 0 Å². The van der Waals surface area contributed by atoms with Crippen LogP contribution in [-0.2, 0) is 0 Å². The van der Waals surface area contributed by atoms with Gasteiger partial charge in [0, 0.05) is 12.6 Å². The Kier molecular flexibility index (Phi) is 7.82. The second kappa shape index (κ2) is 8.90. The topological polar surface area (TPSA) is 18.5 Å². The highest BCUT2D eigenvalue weighted by Gasteiger charge is 2.25. The molecule has 0 amide bonds. The first-order chi connectivity index (χ1) is 8.31. The van der Waals surface area contributed by atoms with E-state index in [-0.39, 0.29) is 0 Å². The fourth-order valence-electron chi connectivity index (χ4n) is 2.78. The van der Waals surface area contributed by atoms with Gasteiger partial charge in [-0.25, -0.2) is 0 Å². The number of likely N-dealkylation sites (N-methyl/N-ethyl adjacent to an activating group) is 1. The Balaban J connectivity index is 2.09. The number of nitrogens with zero attached hydrogens (tertiary/aromatic N) is 2. The van der Waals surface area contributed by atoms with Crippen LogP contribution in [0.3, 0.4) is 0 Å².